The van der Waals surface area contributed by atoms with Crippen LogP contribution in [0.15, 0.2) is 23.0 Å². The molecule has 2 aromatic rings. The summed E-state index contributed by atoms with van der Waals surface area (Å²) in [6.07, 6.45) is 0.581. The van der Waals surface area contributed by atoms with E-state index in [0.717, 1.165) is 16.6 Å². The number of hydrogen-bond donors (Lipinski definition) is 3. The van der Waals surface area contributed by atoms with Crippen LogP contribution in [0.5, 0.6) is 0 Å². The minimum atomic E-state index is -0.760. The molecule has 0 bridgehead atoms. The number of aromatic nitrogens is 2. The van der Waals surface area contributed by atoms with E-state index in [0.29, 0.717) is 13.0 Å². The standard InChI is InChI=1S/C13H15N3O3/c1-16-11-3-2-7(4-10(11)15-13(16)19)9-5-8(6-14-9)12(17)18/h2-4,8-9,14H,5-6H2,1H3,(H,15,19)(H,17,18). The van der Waals surface area contributed by atoms with E-state index in [-0.39, 0.29) is 17.6 Å². The topological polar surface area (TPSA) is 87.1 Å². The number of nitrogens with one attached hydrogen (secondary N) is 2. The zero-order valence-electron chi connectivity index (χ0n) is 10.5. The molecule has 19 heavy (non-hydrogen) atoms. The fourth-order valence-corrected chi connectivity index (χ4v) is 2.65. The average molecular weight is 261 g/mol. The Hall–Kier alpha value is -2.08. The zero-order chi connectivity index (χ0) is 13.6. The fraction of sp³-hybridized carbons (Fsp3) is 0.385. The Bertz CT molecular complexity index is 701. The predicted octanol–water partition coefficient (Wildman–Crippen LogP) is 0.602. The summed E-state index contributed by atoms with van der Waals surface area (Å²) < 4.78 is 1.56. The maximum Gasteiger partial charge on any atom is 0.326 e. The van der Waals surface area contributed by atoms with Crippen molar-refractivity contribution in [1.29, 1.82) is 0 Å². The van der Waals surface area contributed by atoms with Crippen LogP contribution in [-0.4, -0.2) is 27.2 Å². The van der Waals surface area contributed by atoms with E-state index in [2.05, 4.69) is 10.3 Å². The molecule has 3 N–H and O–H groups in total. The van der Waals surface area contributed by atoms with Gasteiger partial charge in [0.2, 0.25) is 0 Å². The van der Waals surface area contributed by atoms with E-state index in [1.165, 1.54) is 0 Å². The minimum absolute atomic E-state index is 0.0363. The molecule has 100 valence electrons. The lowest BCUT2D eigenvalue weighted by Crippen LogP contribution is -2.17. The summed E-state index contributed by atoms with van der Waals surface area (Å²) in [7, 11) is 1.72. The van der Waals surface area contributed by atoms with Crippen molar-refractivity contribution >= 4 is 17.0 Å². The van der Waals surface area contributed by atoms with E-state index in [1.54, 1.807) is 11.6 Å². The predicted molar refractivity (Wildman–Crippen MR) is 70.0 cm³/mol. The molecule has 0 saturated carbocycles. The van der Waals surface area contributed by atoms with Crippen LogP contribution in [0.1, 0.15) is 18.0 Å². The lowest BCUT2D eigenvalue weighted by Gasteiger charge is -2.10. The molecule has 6 nitrogen and oxygen atoms in total. The second-order valence-electron chi connectivity index (χ2n) is 5.00. The van der Waals surface area contributed by atoms with Crippen molar-refractivity contribution in [3.63, 3.8) is 0 Å². The first kappa shape index (κ1) is 12.0. The number of imidazole rings is 1. The molecule has 0 amide bonds. The quantitative estimate of drug-likeness (QED) is 0.739. The number of aryl methyl sites for hydroxylation is 1. The molecule has 1 aromatic heterocycles. The highest BCUT2D eigenvalue weighted by Gasteiger charge is 2.30. The third kappa shape index (κ3) is 1.94. The number of H-pyrrole nitrogens is 1. The Morgan fingerprint density at radius 1 is 1.47 bits per heavy atom. The van der Waals surface area contributed by atoms with Gasteiger partial charge >= 0.3 is 11.7 Å². The zero-order valence-corrected chi connectivity index (χ0v) is 10.5. The number of benzene rings is 1. The Labute approximate surface area is 109 Å². The van der Waals surface area contributed by atoms with Gasteiger partial charge in [-0.1, -0.05) is 6.07 Å². The smallest absolute Gasteiger partial charge is 0.326 e. The van der Waals surface area contributed by atoms with Gasteiger partial charge in [0.1, 0.15) is 0 Å². The Balaban J connectivity index is 1.94. The van der Waals surface area contributed by atoms with Gasteiger partial charge in [-0.25, -0.2) is 4.79 Å². The number of carboxylic acid groups (broad SMARTS) is 1. The number of aromatic amines is 1. The summed E-state index contributed by atoms with van der Waals surface area (Å²) in [5, 5.41) is 12.2. The van der Waals surface area contributed by atoms with Crippen molar-refractivity contribution in [3.8, 4) is 0 Å². The number of rotatable bonds is 2. The van der Waals surface area contributed by atoms with Crippen LogP contribution in [0.25, 0.3) is 11.0 Å². The molecule has 1 fully saturated rings. The van der Waals surface area contributed by atoms with E-state index in [9.17, 15) is 9.59 Å². The van der Waals surface area contributed by atoms with Gasteiger partial charge in [-0.15, -0.1) is 0 Å². The van der Waals surface area contributed by atoms with E-state index >= 15 is 0 Å². The molecule has 2 unspecified atom stereocenters. The first-order chi connectivity index (χ1) is 9.06. The van der Waals surface area contributed by atoms with E-state index in [4.69, 9.17) is 5.11 Å². The third-order valence-corrected chi connectivity index (χ3v) is 3.81. The van der Waals surface area contributed by atoms with Crippen LogP contribution in [0, 0.1) is 5.92 Å². The molecule has 1 aliphatic rings. The lowest BCUT2D eigenvalue weighted by molar-refractivity contribution is -0.141. The van der Waals surface area contributed by atoms with E-state index in [1.807, 2.05) is 18.2 Å². The van der Waals surface area contributed by atoms with Gasteiger partial charge in [-0.05, 0) is 24.1 Å². The van der Waals surface area contributed by atoms with Crippen molar-refractivity contribution in [2.45, 2.75) is 12.5 Å². The van der Waals surface area contributed by atoms with Gasteiger partial charge in [0.25, 0.3) is 0 Å². The first-order valence-electron chi connectivity index (χ1n) is 6.21. The van der Waals surface area contributed by atoms with Crippen molar-refractivity contribution in [3.05, 3.63) is 34.2 Å². The van der Waals surface area contributed by atoms with Crippen molar-refractivity contribution in [2.75, 3.05) is 6.54 Å². The lowest BCUT2D eigenvalue weighted by atomic mass is 10.00. The molecule has 0 aliphatic carbocycles. The maximum absolute atomic E-state index is 11.5. The largest absolute Gasteiger partial charge is 0.481 e. The van der Waals surface area contributed by atoms with Crippen LogP contribution in [0.4, 0.5) is 0 Å². The Morgan fingerprint density at radius 3 is 2.95 bits per heavy atom. The molecule has 0 radical (unpaired) electrons. The van der Waals surface area contributed by atoms with Crippen LogP contribution < -0.4 is 11.0 Å². The van der Waals surface area contributed by atoms with Gasteiger partial charge in [-0.2, -0.15) is 0 Å². The number of carbonyl (C=O) groups is 1. The second-order valence-corrected chi connectivity index (χ2v) is 5.00. The average Bonchev–Trinajstić information content (AvgIpc) is 2.96. The van der Waals surface area contributed by atoms with Gasteiger partial charge < -0.3 is 15.4 Å². The number of fused-ring (bicyclic) bond motifs is 1. The number of aliphatic carboxylic acids is 1. The highest BCUT2D eigenvalue weighted by molar-refractivity contribution is 5.76. The molecule has 2 atom stereocenters. The third-order valence-electron chi connectivity index (χ3n) is 3.81. The van der Waals surface area contributed by atoms with Crippen molar-refractivity contribution in [1.82, 2.24) is 14.9 Å². The minimum Gasteiger partial charge on any atom is -0.481 e. The summed E-state index contributed by atoms with van der Waals surface area (Å²) in [4.78, 5) is 25.3. The number of hydrogen-bond acceptors (Lipinski definition) is 3. The first-order valence-corrected chi connectivity index (χ1v) is 6.21. The Morgan fingerprint density at radius 2 is 2.26 bits per heavy atom. The highest BCUT2D eigenvalue weighted by Crippen LogP contribution is 2.28. The summed E-state index contributed by atoms with van der Waals surface area (Å²) in [5.74, 6) is -1.10. The molecule has 2 heterocycles. The fourth-order valence-electron chi connectivity index (χ4n) is 2.65. The summed E-state index contributed by atoms with van der Waals surface area (Å²) in [6, 6.07) is 5.78. The van der Waals surface area contributed by atoms with Crippen LogP contribution in [-0.2, 0) is 11.8 Å². The van der Waals surface area contributed by atoms with E-state index < -0.39 is 5.97 Å². The monoisotopic (exact) mass is 261 g/mol. The summed E-state index contributed by atoms with van der Waals surface area (Å²) in [6.45, 7) is 0.489. The SMILES string of the molecule is Cn1c(=O)[nH]c2cc(C3CC(C(=O)O)CN3)ccc21. The second kappa shape index (κ2) is 4.24. The van der Waals surface area contributed by atoms with Crippen LogP contribution in [0.2, 0.25) is 0 Å². The van der Waals surface area contributed by atoms with Gasteiger partial charge in [0.15, 0.2) is 0 Å². The summed E-state index contributed by atoms with van der Waals surface area (Å²) >= 11 is 0. The maximum atomic E-state index is 11.5. The van der Waals surface area contributed by atoms with Gasteiger partial charge in [0.05, 0.1) is 17.0 Å². The van der Waals surface area contributed by atoms with Crippen LogP contribution >= 0.6 is 0 Å². The Kier molecular flexibility index (Phi) is 2.67. The molecule has 3 rings (SSSR count). The van der Waals surface area contributed by atoms with Crippen molar-refractivity contribution < 1.29 is 9.90 Å². The molecule has 0 spiro atoms. The number of carboxylic acids is 1. The molecular weight excluding hydrogens is 246 g/mol. The highest BCUT2D eigenvalue weighted by atomic mass is 16.4. The van der Waals surface area contributed by atoms with Gasteiger partial charge in [-0.3, -0.25) is 9.36 Å². The molecule has 1 aromatic carbocycles. The van der Waals surface area contributed by atoms with Gasteiger partial charge in [0, 0.05) is 19.6 Å². The molecular formula is C13H15N3O3. The molecule has 1 saturated heterocycles. The normalized spacial score (nSPS) is 23.0. The molecule has 6 heteroatoms. The number of nitrogens with zero attached hydrogens (tertiary/aromatic N) is 1. The van der Waals surface area contributed by atoms with Crippen molar-refractivity contribution in [2.24, 2.45) is 13.0 Å². The summed E-state index contributed by atoms with van der Waals surface area (Å²) in [5.41, 5.74) is 2.50. The van der Waals surface area contributed by atoms with Crippen LogP contribution in [0.3, 0.4) is 0 Å². The molecule has 1 aliphatic heterocycles.